The van der Waals surface area contributed by atoms with Gasteiger partial charge in [-0.2, -0.15) is 0 Å². The Morgan fingerprint density at radius 3 is 2.20 bits per heavy atom. The number of para-hydroxylation sites is 1. The highest BCUT2D eigenvalue weighted by molar-refractivity contribution is 7.92. The molecule has 9 heteroatoms. The number of rotatable bonds is 13. The van der Waals surface area contributed by atoms with E-state index in [1.165, 1.54) is 4.90 Å². The molecule has 0 radical (unpaired) electrons. The van der Waals surface area contributed by atoms with Crippen molar-refractivity contribution in [1.29, 1.82) is 0 Å². The van der Waals surface area contributed by atoms with E-state index in [0.717, 1.165) is 27.3 Å². The van der Waals surface area contributed by atoms with Gasteiger partial charge in [0.25, 0.3) is 0 Å². The van der Waals surface area contributed by atoms with Crippen molar-refractivity contribution < 1.29 is 18.0 Å². The van der Waals surface area contributed by atoms with Gasteiger partial charge in [-0.3, -0.25) is 13.9 Å². The van der Waals surface area contributed by atoms with E-state index in [4.69, 9.17) is 11.6 Å². The second kappa shape index (κ2) is 14.3. The van der Waals surface area contributed by atoms with Crippen LogP contribution in [-0.4, -0.2) is 50.5 Å². The van der Waals surface area contributed by atoms with Gasteiger partial charge in [0.1, 0.15) is 12.6 Å². The number of nitrogens with zero attached hydrogens (tertiary/aromatic N) is 2. The number of carbonyl (C=O) groups excluding carboxylic acids is 2. The molecule has 7 nitrogen and oxygen atoms in total. The van der Waals surface area contributed by atoms with Crippen LogP contribution in [0.25, 0.3) is 0 Å². The zero-order valence-corrected chi connectivity index (χ0v) is 25.1. The molecule has 3 aromatic rings. The fourth-order valence-electron chi connectivity index (χ4n) is 4.46. The lowest BCUT2D eigenvalue weighted by molar-refractivity contribution is -0.140. The molecule has 2 amide bonds. The van der Waals surface area contributed by atoms with E-state index >= 15 is 0 Å². The molecule has 0 aliphatic rings. The van der Waals surface area contributed by atoms with Gasteiger partial charge in [0.2, 0.25) is 21.8 Å². The Labute approximate surface area is 243 Å². The number of benzene rings is 3. The number of halogens is 1. The van der Waals surface area contributed by atoms with Gasteiger partial charge >= 0.3 is 0 Å². The predicted molar refractivity (Wildman–Crippen MR) is 162 cm³/mol. The van der Waals surface area contributed by atoms with Crippen LogP contribution in [0.4, 0.5) is 5.69 Å². The molecule has 0 heterocycles. The van der Waals surface area contributed by atoms with E-state index in [1.807, 2.05) is 69.3 Å². The Hall–Kier alpha value is -3.36. The number of hydrogen-bond donors (Lipinski definition) is 1. The summed E-state index contributed by atoms with van der Waals surface area (Å²) >= 11 is 6.25. The van der Waals surface area contributed by atoms with Gasteiger partial charge < -0.3 is 10.2 Å². The highest BCUT2D eigenvalue weighted by Gasteiger charge is 2.33. The lowest BCUT2D eigenvalue weighted by atomic mass is 10.0. The average molecular weight is 584 g/mol. The van der Waals surface area contributed by atoms with E-state index in [9.17, 15) is 18.0 Å². The Kier molecular flexibility index (Phi) is 11.2. The number of anilines is 1. The molecule has 3 rings (SSSR count). The number of sulfonamides is 1. The van der Waals surface area contributed by atoms with Gasteiger partial charge in [0.05, 0.1) is 11.9 Å². The van der Waals surface area contributed by atoms with Crippen molar-refractivity contribution in [3.63, 3.8) is 0 Å². The van der Waals surface area contributed by atoms with Crippen LogP contribution in [0.1, 0.15) is 37.5 Å². The molecular formula is C31H38ClN3O4S. The minimum absolute atomic E-state index is 0.0824. The molecule has 0 spiro atoms. The van der Waals surface area contributed by atoms with Crippen molar-refractivity contribution in [3.05, 3.63) is 101 Å². The Morgan fingerprint density at radius 2 is 1.57 bits per heavy atom. The normalized spacial score (nSPS) is 12.2. The monoisotopic (exact) mass is 583 g/mol. The van der Waals surface area contributed by atoms with Gasteiger partial charge in [-0.05, 0) is 47.2 Å². The summed E-state index contributed by atoms with van der Waals surface area (Å²) in [6, 6.07) is 22.8. The highest BCUT2D eigenvalue weighted by Crippen LogP contribution is 2.25. The van der Waals surface area contributed by atoms with E-state index < -0.39 is 28.5 Å². The number of hydrogen-bond acceptors (Lipinski definition) is 4. The quantitative estimate of drug-likeness (QED) is 0.304. The Morgan fingerprint density at radius 1 is 0.925 bits per heavy atom. The third-order valence-electron chi connectivity index (χ3n) is 6.52. The lowest BCUT2D eigenvalue weighted by Crippen LogP contribution is -2.53. The summed E-state index contributed by atoms with van der Waals surface area (Å²) in [5, 5.41) is 3.48. The molecule has 40 heavy (non-hydrogen) atoms. The molecule has 0 aliphatic heterocycles. The highest BCUT2D eigenvalue weighted by atomic mass is 35.5. The van der Waals surface area contributed by atoms with Crippen LogP contribution in [0.2, 0.25) is 5.02 Å². The van der Waals surface area contributed by atoms with Gasteiger partial charge in [0, 0.05) is 24.5 Å². The van der Waals surface area contributed by atoms with Crippen LogP contribution < -0.4 is 9.62 Å². The van der Waals surface area contributed by atoms with Crippen LogP contribution in [0.5, 0.6) is 0 Å². The zero-order valence-electron chi connectivity index (χ0n) is 23.5. The van der Waals surface area contributed by atoms with Crippen molar-refractivity contribution in [2.75, 3.05) is 23.7 Å². The number of aryl methyl sites for hydroxylation is 1. The molecule has 0 saturated heterocycles. The second-order valence-corrected chi connectivity index (χ2v) is 12.6. The molecular weight excluding hydrogens is 546 g/mol. The van der Waals surface area contributed by atoms with Gasteiger partial charge in [0.15, 0.2) is 0 Å². The number of carbonyl (C=O) groups is 2. The summed E-state index contributed by atoms with van der Waals surface area (Å²) in [6.45, 7) is 6.01. The van der Waals surface area contributed by atoms with Crippen molar-refractivity contribution in [2.24, 2.45) is 5.92 Å². The molecule has 1 N–H and O–H groups in total. The molecule has 1 atom stereocenters. The average Bonchev–Trinajstić information content (AvgIpc) is 2.92. The van der Waals surface area contributed by atoms with Gasteiger partial charge in [-0.25, -0.2) is 8.42 Å². The van der Waals surface area contributed by atoms with Crippen molar-refractivity contribution in [2.45, 2.75) is 46.2 Å². The van der Waals surface area contributed by atoms with E-state index in [1.54, 1.807) is 30.3 Å². The Bertz CT molecular complexity index is 1400. The van der Waals surface area contributed by atoms with Crippen molar-refractivity contribution >= 4 is 39.1 Å². The van der Waals surface area contributed by atoms with Gasteiger partial charge in [-0.15, -0.1) is 0 Å². The van der Waals surface area contributed by atoms with Crippen LogP contribution in [0.15, 0.2) is 78.9 Å². The molecule has 0 saturated carbocycles. The first-order chi connectivity index (χ1) is 19.0. The summed E-state index contributed by atoms with van der Waals surface area (Å²) in [5.41, 5.74) is 2.87. The molecule has 0 aromatic heterocycles. The third kappa shape index (κ3) is 8.83. The van der Waals surface area contributed by atoms with E-state index in [0.29, 0.717) is 23.7 Å². The van der Waals surface area contributed by atoms with Crippen LogP contribution >= 0.6 is 11.6 Å². The topological polar surface area (TPSA) is 86.8 Å². The largest absolute Gasteiger partial charge is 0.354 e. The molecule has 0 bridgehead atoms. The standard InChI is InChI=1S/C31H38ClN3O4S/c1-5-26-15-9-10-17-28(26)35(40(4,38)39)22-30(36)34(21-25-14-11-16-27(32)18-25)29(31(37)33-20-23(2)3)19-24-12-7-6-8-13-24/h6-18,23,29H,5,19-22H2,1-4H3,(H,33,37)/t29-/m1/s1. The molecule has 0 aliphatic carbocycles. The number of amides is 2. The second-order valence-electron chi connectivity index (χ2n) is 10.2. The first-order valence-corrected chi connectivity index (χ1v) is 15.6. The van der Waals surface area contributed by atoms with Gasteiger partial charge in [-0.1, -0.05) is 93.0 Å². The minimum Gasteiger partial charge on any atom is -0.354 e. The molecule has 0 unspecified atom stereocenters. The van der Waals surface area contributed by atoms with Crippen LogP contribution in [-0.2, 0) is 39.0 Å². The SMILES string of the molecule is CCc1ccccc1N(CC(=O)N(Cc1cccc(Cl)c1)[C@H](Cc1ccccc1)C(=O)NCC(C)C)S(C)(=O)=O. The lowest BCUT2D eigenvalue weighted by Gasteiger charge is -2.34. The maximum Gasteiger partial charge on any atom is 0.244 e. The minimum atomic E-state index is -3.82. The molecule has 3 aromatic carbocycles. The van der Waals surface area contributed by atoms with E-state index in [-0.39, 0.29) is 24.8 Å². The smallest absolute Gasteiger partial charge is 0.244 e. The third-order valence-corrected chi connectivity index (χ3v) is 7.88. The Balaban J connectivity index is 2.07. The predicted octanol–water partition coefficient (Wildman–Crippen LogP) is 5.08. The van der Waals surface area contributed by atoms with Crippen molar-refractivity contribution in [1.82, 2.24) is 10.2 Å². The zero-order chi connectivity index (χ0) is 29.3. The first kappa shape index (κ1) is 31.2. The van der Waals surface area contributed by atoms with E-state index in [2.05, 4.69) is 5.32 Å². The summed E-state index contributed by atoms with van der Waals surface area (Å²) in [4.78, 5) is 29.3. The van der Waals surface area contributed by atoms with Crippen molar-refractivity contribution in [3.8, 4) is 0 Å². The summed E-state index contributed by atoms with van der Waals surface area (Å²) in [7, 11) is -3.82. The summed E-state index contributed by atoms with van der Waals surface area (Å²) < 4.78 is 27.1. The molecule has 214 valence electrons. The maximum atomic E-state index is 14.1. The first-order valence-electron chi connectivity index (χ1n) is 13.4. The number of nitrogens with one attached hydrogen (secondary N) is 1. The summed E-state index contributed by atoms with van der Waals surface area (Å²) in [6.07, 6.45) is 1.95. The fraction of sp³-hybridized carbons (Fsp3) is 0.355. The fourth-order valence-corrected chi connectivity index (χ4v) is 5.55. The summed E-state index contributed by atoms with van der Waals surface area (Å²) in [5.74, 6) is -0.575. The molecule has 0 fully saturated rings. The van der Waals surface area contributed by atoms with Crippen LogP contribution in [0.3, 0.4) is 0 Å². The van der Waals surface area contributed by atoms with Crippen LogP contribution in [0, 0.1) is 5.92 Å². The maximum absolute atomic E-state index is 14.1.